The molecule has 0 aromatic rings. The van der Waals surface area contributed by atoms with E-state index >= 15 is 0 Å². The van der Waals surface area contributed by atoms with Crippen molar-refractivity contribution in [3.8, 4) is 0 Å². The average Bonchev–Trinajstić information content (AvgIpc) is 2.69. The van der Waals surface area contributed by atoms with Gasteiger partial charge in [0.1, 0.15) is 0 Å². The van der Waals surface area contributed by atoms with Crippen LogP contribution >= 0.6 is 0 Å². The molecule has 1 N–H and O–H groups in total. The molecule has 8 atom stereocenters. The van der Waals surface area contributed by atoms with Crippen LogP contribution in [-0.4, -0.2) is 10.7 Å². The maximum atomic E-state index is 10.5. The molecule has 0 amide bonds. The van der Waals surface area contributed by atoms with Gasteiger partial charge in [0.2, 0.25) is 0 Å². The molecule has 1 nitrogen and oxygen atoms in total. The highest BCUT2D eigenvalue weighted by Gasteiger charge is 2.56. The largest absolute Gasteiger partial charge is 0.390 e. The molecule has 4 saturated carbocycles. The van der Waals surface area contributed by atoms with Gasteiger partial charge in [0, 0.05) is 0 Å². The number of hydrogen-bond acceptors (Lipinski definition) is 1. The second-order valence-corrected chi connectivity index (χ2v) is 9.79. The molecule has 124 valence electrons. The molecule has 4 fully saturated rings. The van der Waals surface area contributed by atoms with Crippen LogP contribution in [0, 0.1) is 40.9 Å². The summed E-state index contributed by atoms with van der Waals surface area (Å²) in [6.07, 6.45) is 10.4. The summed E-state index contributed by atoms with van der Waals surface area (Å²) >= 11 is 0. The summed E-state index contributed by atoms with van der Waals surface area (Å²) in [5, 5.41) is 10.5. The molecule has 0 spiro atoms. The minimum Gasteiger partial charge on any atom is -0.390 e. The van der Waals surface area contributed by atoms with Gasteiger partial charge in [0.05, 0.1) is 5.60 Å². The van der Waals surface area contributed by atoms with Crippen LogP contribution in [0.1, 0.15) is 72.1 Å². The predicted octanol–water partition coefficient (Wildman–Crippen LogP) is 5.19. The molecular weight excluding hydrogens is 268 g/mol. The van der Waals surface area contributed by atoms with Gasteiger partial charge >= 0.3 is 0 Å². The Morgan fingerprint density at radius 2 is 1.73 bits per heavy atom. The average molecular weight is 303 g/mol. The van der Waals surface area contributed by atoms with E-state index < -0.39 is 0 Å². The third kappa shape index (κ3) is 2.07. The van der Waals surface area contributed by atoms with E-state index in [1.165, 1.54) is 38.5 Å². The van der Waals surface area contributed by atoms with Gasteiger partial charge in [-0.05, 0) is 99.2 Å². The second-order valence-electron chi connectivity index (χ2n) is 9.79. The first-order chi connectivity index (χ1) is 10.3. The van der Waals surface area contributed by atoms with Crippen LogP contribution in [0.15, 0.2) is 12.2 Å². The fraction of sp³-hybridized carbons (Fsp3) is 0.905. The monoisotopic (exact) mass is 302 g/mol. The van der Waals surface area contributed by atoms with Crippen molar-refractivity contribution in [3.63, 3.8) is 0 Å². The van der Waals surface area contributed by atoms with E-state index in [9.17, 15) is 5.11 Å². The lowest BCUT2D eigenvalue weighted by Gasteiger charge is -2.56. The van der Waals surface area contributed by atoms with E-state index in [2.05, 4.69) is 27.4 Å². The highest BCUT2D eigenvalue weighted by Crippen LogP contribution is 2.65. The lowest BCUT2D eigenvalue weighted by molar-refractivity contribution is -0.0900. The molecule has 0 heterocycles. The van der Waals surface area contributed by atoms with Crippen molar-refractivity contribution in [2.24, 2.45) is 40.9 Å². The summed E-state index contributed by atoms with van der Waals surface area (Å²) in [7, 11) is 0. The number of hydrogen-bond donors (Lipinski definition) is 1. The summed E-state index contributed by atoms with van der Waals surface area (Å²) in [5.74, 6) is 5.25. The SMILES string of the molecule is C=C1[C@H](C)C[C@H]2[C@@H]3CC[C@@H]4C[C@](C)(O)CC[C@@H]4[C@H]3CC[C@]12C. The Hall–Kier alpha value is -0.300. The summed E-state index contributed by atoms with van der Waals surface area (Å²) in [4.78, 5) is 0. The topological polar surface area (TPSA) is 20.2 Å². The standard InChI is InChI=1S/C21H34O/c1-13-11-19-18-6-5-15-12-20(3,22)9-7-16(15)17(18)8-10-21(19,4)14(13)2/h13,15-19,22H,2,5-12H2,1,3-4H3/t13-,15-,16+,17-,18-,19+,20-,21-/m1/s1. The lowest BCUT2D eigenvalue weighted by Crippen LogP contribution is -2.49. The van der Waals surface area contributed by atoms with Crippen molar-refractivity contribution in [2.45, 2.75) is 77.7 Å². The lowest BCUT2D eigenvalue weighted by atomic mass is 9.49. The first kappa shape index (κ1) is 15.2. The van der Waals surface area contributed by atoms with Gasteiger partial charge in [0.15, 0.2) is 0 Å². The third-order valence-corrected chi connectivity index (χ3v) is 8.56. The summed E-state index contributed by atoms with van der Waals surface area (Å²) in [6, 6.07) is 0. The molecular formula is C21H34O. The predicted molar refractivity (Wildman–Crippen MR) is 91.4 cm³/mol. The molecule has 0 unspecified atom stereocenters. The minimum absolute atomic E-state index is 0.382. The van der Waals surface area contributed by atoms with Gasteiger partial charge in [-0.15, -0.1) is 0 Å². The number of allylic oxidation sites excluding steroid dienone is 1. The zero-order valence-electron chi connectivity index (χ0n) is 14.8. The second kappa shape index (κ2) is 4.85. The van der Waals surface area contributed by atoms with Crippen molar-refractivity contribution in [3.05, 3.63) is 12.2 Å². The Bertz CT molecular complexity index is 478. The van der Waals surface area contributed by atoms with Crippen LogP contribution in [0.25, 0.3) is 0 Å². The number of rotatable bonds is 0. The fourth-order valence-electron chi connectivity index (χ4n) is 7.32. The maximum Gasteiger partial charge on any atom is 0.0622 e. The van der Waals surface area contributed by atoms with E-state index in [4.69, 9.17) is 0 Å². The van der Waals surface area contributed by atoms with Gasteiger partial charge in [-0.1, -0.05) is 26.0 Å². The Balaban J connectivity index is 1.58. The molecule has 0 saturated heterocycles. The molecule has 0 aromatic heterocycles. The molecule has 0 bridgehead atoms. The summed E-state index contributed by atoms with van der Waals surface area (Å²) < 4.78 is 0. The highest BCUT2D eigenvalue weighted by molar-refractivity contribution is 5.23. The van der Waals surface area contributed by atoms with Crippen molar-refractivity contribution < 1.29 is 5.11 Å². The molecule has 0 aliphatic heterocycles. The van der Waals surface area contributed by atoms with Crippen molar-refractivity contribution in [1.82, 2.24) is 0 Å². The summed E-state index contributed by atoms with van der Waals surface area (Å²) in [6.45, 7) is 11.5. The fourth-order valence-corrected chi connectivity index (χ4v) is 7.32. The van der Waals surface area contributed by atoms with E-state index in [-0.39, 0.29) is 5.60 Å². The first-order valence-electron chi connectivity index (χ1n) is 9.73. The van der Waals surface area contributed by atoms with Gasteiger partial charge in [-0.2, -0.15) is 0 Å². The van der Waals surface area contributed by atoms with E-state index in [0.717, 1.165) is 48.3 Å². The number of aliphatic hydroxyl groups is 1. The van der Waals surface area contributed by atoms with E-state index in [1.54, 1.807) is 5.57 Å². The number of fused-ring (bicyclic) bond motifs is 5. The smallest absolute Gasteiger partial charge is 0.0622 e. The third-order valence-electron chi connectivity index (χ3n) is 8.56. The zero-order chi connectivity index (χ0) is 15.7. The first-order valence-corrected chi connectivity index (χ1v) is 9.73. The highest BCUT2D eigenvalue weighted by atomic mass is 16.3. The molecule has 22 heavy (non-hydrogen) atoms. The normalized spacial score (nSPS) is 57.9. The van der Waals surface area contributed by atoms with Crippen molar-refractivity contribution in [2.75, 3.05) is 0 Å². The van der Waals surface area contributed by atoms with Crippen molar-refractivity contribution in [1.29, 1.82) is 0 Å². The Morgan fingerprint density at radius 1 is 1.00 bits per heavy atom. The van der Waals surface area contributed by atoms with Crippen LogP contribution in [0.2, 0.25) is 0 Å². The maximum absolute atomic E-state index is 10.5. The van der Waals surface area contributed by atoms with Crippen LogP contribution in [0.5, 0.6) is 0 Å². The van der Waals surface area contributed by atoms with Crippen molar-refractivity contribution >= 4 is 0 Å². The zero-order valence-corrected chi connectivity index (χ0v) is 14.8. The molecule has 4 aliphatic rings. The van der Waals surface area contributed by atoms with Gasteiger partial charge in [-0.25, -0.2) is 0 Å². The molecule has 4 rings (SSSR count). The quantitative estimate of drug-likeness (QED) is 0.610. The molecule has 4 aliphatic carbocycles. The van der Waals surface area contributed by atoms with E-state index in [0.29, 0.717) is 5.41 Å². The Labute approximate surface area is 136 Å². The van der Waals surface area contributed by atoms with Gasteiger partial charge in [0.25, 0.3) is 0 Å². The minimum atomic E-state index is -0.382. The van der Waals surface area contributed by atoms with Gasteiger partial charge < -0.3 is 5.11 Å². The van der Waals surface area contributed by atoms with Gasteiger partial charge in [-0.3, -0.25) is 0 Å². The Morgan fingerprint density at radius 3 is 2.50 bits per heavy atom. The van der Waals surface area contributed by atoms with Crippen LogP contribution in [0.3, 0.4) is 0 Å². The van der Waals surface area contributed by atoms with Crippen LogP contribution in [-0.2, 0) is 0 Å². The summed E-state index contributed by atoms with van der Waals surface area (Å²) in [5.41, 5.74) is 1.62. The molecule has 1 heteroatoms. The molecule has 0 radical (unpaired) electrons. The Kier molecular flexibility index (Phi) is 3.36. The van der Waals surface area contributed by atoms with Crippen LogP contribution in [0.4, 0.5) is 0 Å². The molecule has 0 aromatic carbocycles. The van der Waals surface area contributed by atoms with E-state index in [1.807, 2.05) is 0 Å². The van der Waals surface area contributed by atoms with Crippen LogP contribution < -0.4 is 0 Å².